The lowest BCUT2D eigenvalue weighted by Crippen LogP contribution is -2.39. The number of hydrogen-bond acceptors (Lipinski definition) is 3. The Morgan fingerprint density at radius 2 is 2.20 bits per heavy atom. The number of likely N-dealkylation sites (N-methyl/N-ethyl adjacent to an activating group) is 1. The molecule has 20 heavy (non-hydrogen) atoms. The maximum Gasteiger partial charge on any atom is 0.254 e. The molecule has 5 heteroatoms. The van der Waals surface area contributed by atoms with Gasteiger partial charge in [0.1, 0.15) is 12.4 Å². The van der Waals surface area contributed by atoms with Crippen LogP contribution in [0.4, 0.5) is 4.39 Å². The van der Waals surface area contributed by atoms with E-state index in [2.05, 4.69) is 17.2 Å². The van der Waals surface area contributed by atoms with Crippen LogP contribution in [-0.4, -0.2) is 49.2 Å². The molecule has 0 fully saturated rings. The zero-order valence-electron chi connectivity index (χ0n) is 11.9. The number of aliphatic hydroxyl groups is 1. The largest absolute Gasteiger partial charge is 0.384 e. The Labute approximate surface area is 118 Å². The molecule has 4 nitrogen and oxygen atoms in total. The third kappa shape index (κ3) is 5.00. The van der Waals surface area contributed by atoms with Crippen molar-refractivity contribution in [3.05, 3.63) is 35.1 Å². The number of amides is 1. The fraction of sp³-hybridized carbons (Fsp3) is 0.400. The second-order valence-electron chi connectivity index (χ2n) is 4.79. The van der Waals surface area contributed by atoms with E-state index in [4.69, 9.17) is 5.11 Å². The van der Waals surface area contributed by atoms with Crippen molar-refractivity contribution in [2.75, 3.05) is 27.2 Å². The summed E-state index contributed by atoms with van der Waals surface area (Å²) in [6.45, 7) is 2.25. The highest BCUT2D eigenvalue weighted by Crippen LogP contribution is 2.10. The average Bonchev–Trinajstić information content (AvgIpc) is 2.35. The molecular weight excluding hydrogens is 259 g/mol. The Balaban J connectivity index is 2.79. The van der Waals surface area contributed by atoms with Crippen molar-refractivity contribution in [2.45, 2.75) is 13.0 Å². The molecule has 0 aromatic heterocycles. The van der Waals surface area contributed by atoms with Gasteiger partial charge in [0.05, 0.1) is 5.56 Å². The van der Waals surface area contributed by atoms with Crippen LogP contribution in [-0.2, 0) is 0 Å². The highest BCUT2D eigenvalue weighted by Gasteiger charge is 2.14. The molecule has 0 spiro atoms. The van der Waals surface area contributed by atoms with Gasteiger partial charge in [-0.05, 0) is 39.2 Å². The van der Waals surface area contributed by atoms with Gasteiger partial charge in [-0.1, -0.05) is 11.8 Å². The molecule has 0 saturated carbocycles. The summed E-state index contributed by atoms with van der Waals surface area (Å²) in [7, 11) is 3.80. The summed E-state index contributed by atoms with van der Waals surface area (Å²) < 4.78 is 13.8. The lowest BCUT2D eigenvalue weighted by Gasteiger charge is -2.18. The van der Waals surface area contributed by atoms with Gasteiger partial charge in [0.15, 0.2) is 0 Å². The van der Waals surface area contributed by atoms with Gasteiger partial charge in [-0.25, -0.2) is 4.39 Å². The lowest BCUT2D eigenvalue weighted by atomic mass is 10.1. The summed E-state index contributed by atoms with van der Waals surface area (Å²) in [6, 6.07) is 4.06. The number of hydrogen-bond donors (Lipinski definition) is 2. The number of benzene rings is 1. The summed E-state index contributed by atoms with van der Waals surface area (Å²) in [5.41, 5.74) is 0.416. The number of carbonyl (C=O) groups excluding carboxylic acids is 1. The fourth-order valence-corrected chi connectivity index (χ4v) is 1.81. The highest BCUT2D eigenvalue weighted by molar-refractivity contribution is 5.94. The Morgan fingerprint density at radius 1 is 1.50 bits per heavy atom. The van der Waals surface area contributed by atoms with Gasteiger partial charge in [-0.3, -0.25) is 4.79 Å². The van der Waals surface area contributed by atoms with Gasteiger partial charge < -0.3 is 15.3 Å². The Kier molecular flexibility index (Phi) is 6.16. The summed E-state index contributed by atoms with van der Waals surface area (Å²) in [5.74, 6) is 3.95. The number of carbonyl (C=O) groups is 1. The number of halogens is 1. The van der Waals surface area contributed by atoms with Crippen LogP contribution in [0.3, 0.4) is 0 Å². The predicted octanol–water partition coefficient (Wildman–Crippen LogP) is 0.849. The Bertz CT molecular complexity index is 532. The van der Waals surface area contributed by atoms with Crippen molar-refractivity contribution in [1.82, 2.24) is 10.2 Å². The van der Waals surface area contributed by atoms with Crippen LogP contribution in [0.5, 0.6) is 0 Å². The molecule has 1 amide bonds. The van der Waals surface area contributed by atoms with Crippen LogP contribution in [0, 0.1) is 17.7 Å². The number of nitrogens with zero attached hydrogens (tertiary/aromatic N) is 1. The van der Waals surface area contributed by atoms with Crippen molar-refractivity contribution in [1.29, 1.82) is 0 Å². The Hall–Kier alpha value is -1.90. The van der Waals surface area contributed by atoms with E-state index in [1.807, 2.05) is 25.9 Å². The van der Waals surface area contributed by atoms with E-state index < -0.39 is 11.7 Å². The summed E-state index contributed by atoms with van der Waals surface area (Å²) >= 11 is 0. The first-order valence-corrected chi connectivity index (χ1v) is 6.29. The van der Waals surface area contributed by atoms with Crippen molar-refractivity contribution in [3.63, 3.8) is 0 Å². The van der Waals surface area contributed by atoms with Gasteiger partial charge in [0.25, 0.3) is 5.91 Å². The van der Waals surface area contributed by atoms with Gasteiger partial charge in [0, 0.05) is 18.2 Å². The second kappa shape index (κ2) is 7.63. The minimum Gasteiger partial charge on any atom is -0.384 e. The first-order chi connectivity index (χ1) is 9.43. The minimum atomic E-state index is -0.621. The van der Waals surface area contributed by atoms with Crippen molar-refractivity contribution >= 4 is 5.91 Å². The van der Waals surface area contributed by atoms with E-state index in [-0.39, 0.29) is 18.2 Å². The molecule has 1 rings (SSSR count). The summed E-state index contributed by atoms with van der Waals surface area (Å²) in [6.07, 6.45) is 0. The molecule has 1 aromatic carbocycles. The Morgan fingerprint density at radius 3 is 2.75 bits per heavy atom. The topological polar surface area (TPSA) is 52.6 Å². The van der Waals surface area contributed by atoms with E-state index in [0.717, 1.165) is 0 Å². The maximum atomic E-state index is 13.8. The molecule has 0 aliphatic heterocycles. The summed E-state index contributed by atoms with van der Waals surface area (Å²) in [5, 5.41) is 11.3. The van der Waals surface area contributed by atoms with Crippen LogP contribution in [0.25, 0.3) is 0 Å². The molecule has 0 aliphatic carbocycles. The average molecular weight is 278 g/mol. The van der Waals surface area contributed by atoms with Crippen LogP contribution in [0.15, 0.2) is 18.2 Å². The maximum absolute atomic E-state index is 13.8. The smallest absolute Gasteiger partial charge is 0.254 e. The number of nitrogens with one attached hydrogen (secondary N) is 1. The van der Waals surface area contributed by atoms with Crippen molar-refractivity contribution in [3.8, 4) is 11.8 Å². The molecule has 2 N–H and O–H groups in total. The first-order valence-electron chi connectivity index (χ1n) is 6.29. The third-order valence-electron chi connectivity index (χ3n) is 2.54. The second-order valence-corrected chi connectivity index (χ2v) is 4.79. The molecule has 0 bridgehead atoms. The van der Waals surface area contributed by atoms with E-state index >= 15 is 0 Å². The SMILES string of the molecule is CC(CN(C)C)NC(=O)c1ccc(C#CCO)cc1F. The zero-order valence-corrected chi connectivity index (χ0v) is 11.9. The predicted molar refractivity (Wildman–Crippen MR) is 75.8 cm³/mol. The molecular formula is C15H19FN2O2. The standard InChI is InChI=1S/C15H19FN2O2/c1-11(10-18(2)3)17-15(20)13-7-6-12(5-4-8-19)9-14(13)16/h6-7,9,11,19H,8,10H2,1-3H3,(H,17,20). The number of aliphatic hydroxyl groups excluding tert-OH is 1. The quantitative estimate of drug-likeness (QED) is 0.803. The van der Waals surface area contributed by atoms with E-state index in [9.17, 15) is 9.18 Å². The van der Waals surface area contributed by atoms with Crippen LogP contribution in [0.1, 0.15) is 22.8 Å². The molecule has 0 heterocycles. The van der Waals surface area contributed by atoms with Crippen LogP contribution in [0.2, 0.25) is 0 Å². The fourth-order valence-electron chi connectivity index (χ4n) is 1.81. The molecule has 108 valence electrons. The molecule has 1 aromatic rings. The zero-order chi connectivity index (χ0) is 15.1. The molecule has 0 aliphatic rings. The van der Waals surface area contributed by atoms with Gasteiger partial charge in [-0.2, -0.15) is 0 Å². The van der Waals surface area contributed by atoms with E-state index in [1.54, 1.807) is 6.07 Å². The number of rotatable bonds is 4. The van der Waals surface area contributed by atoms with Crippen LogP contribution >= 0.6 is 0 Å². The van der Waals surface area contributed by atoms with Gasteiger partial charge in [-0.15, -0.1) is 0 Å². The molecule has 1 atom stereocenters. The normalized spacial score (nSPS) is 11.7. The molecule has 1 unspecified atom stereocenters. The van der Waals surface area contributed by atoms with Crippen LogP contribution < -0.4 is 5.32 Å². The monoisotopic (exact) mass is 278 g/mol. The van der Waals surface area contributed by atoms with Crippen molar-refractivity contribution in [2.24, 2.45) is 0 Å². The molecule has 0 radical (unpaired) electrons. The van der Waals surface area contributed by atoms with Gasteiger partial charge >= 0.3 is 0 Å². The highest BCUT2D eigenvalue weighted by atomic mass is 19.1. The van der Waals surface area contributed by atoms with E-state index in [0.29, 0.717) is 12.1 Å². The summed E-state index contributed by atoms with van der Waals surface area (Å²) in [4.78, 5) is 13.9. The lowest BCUT2D eigenvalue weighted by molar-refractivity contribution is 0.0930. The minimum absolute atomic E-state index is 0.00912. The van der Waals surface area contributed by atoms with Crippen molar-refractivity contribution < 1.29 is 14.3 Å². The van der Waals surface area contributed by atoms with Gasteiger partial charge in [0.2, 0.25) is 0 Å². The van der Waals surface area contributed by atoms with E-state index in [1.165, 1.54) is 12.1 Å². The molecule has 0 saturated heterocycles. The first kappa shape index (κ1) is 16.2. The third-order valence-corrected chi connectivity index (χ3v) is 2.54.